The summed E-state index contributed by atoms with van der Waals surface area (Å²) in [5.41, 5.74) is 0. The number of hydrogen-bond donors (Lipinski definition) is 10. The van der Waals surface area contributed by atoms with Crippen LogP contribution in [-0.2, 0) is 28.4 Å². The van der Waals surface area contributed by atoms with Gasteiger partial charge >= 0.3 is 0 Å². The number of hydrogen-bond acceptors (Lipinski definition) is 16. The van der Waals surface area contributed by atoms with Gasteiger partial charge in [0.25, 0.3) is 0 Å². The van der Waals surface area contributed by atoms with E-state index in [9.17, 15) is 51.1 Å². The van der Waals surface area contributed by atoms with Gasteiger partial charge in [-0.1, -0.05) is 0 Å². The fraction of sp³-hybridized carbons (Fsp3) is 1.00. The molecule has 0 saturated carbocycles. The van der Waals surface area contributed by atoms with Gasteiger partial charge in [-0.25, -0.2) is 0 Å². The Kier molecular flexibility index (Phi) is 10.1. The summed E-state index contributed by atoms with van der Waals surface area (Å²) in [7, 11) is 1.21. The molecule has 0 spiro atoms. The molecule has 16 heteroatoms. The van der Waals surface area contributed by atoms with Crippen molar-refractivity contribution in [2.75, 3.05) is 26.9 Å². The molecule has 0 aromatic rings. The minimum Gasteiger partial charge on any atom is -0.394 e. The van der Waals surface area contributed by atoms with E-state index in [1.54, 1.807) is 0 Å². The lowest BCUT2D eigenvalue weighted by Gasteiger charge is -2.43. The van der Waals surface area contributed by atoms with E-state index in [2.05, 4.69) is 0 Å². The highest BCUT2D eigenvalue weighted by atomic mass is 16.7. The second kappa shape index (κ2) is 12.3. The van der Waals surface area contributed by atoms with Gasteiger partial charge in [0.1, 0.15) is 73.2 Å². The predicted octanol–water partition coefficient (Wildman–Crippen LogP) is -6.92. The normalized spacial score (nSPS) is 51.3. The summed E-state index contributed by atoms with van der Waals surface area (Å²) in [5.74, 6) is 0. The summed E-state index contributed by atoms with van der Waals surface area (Å²) < 4.78 is 31.6. The van der Waals surface area contributed by atoms with E-state index in [0.29, 0.717) is 0 Å². The Morgan fingerprint density at radius 1 is 0.486 bits per heavy atom. The van der Waals surface area contributed by atoms with Crippen LogP contribution in [0.2, 0.25) is 0 Å². The number of rotatable bonds is 8. The molecule has 0 aromatic carbocycles. The molecule has 0 radical (unpaired) electrons. The molecule has 0 amide bonds. The molecule has 15 atom stereocenters. The molecule has 3 rings (SSSR count). The Morgan fingerprint density at radius 3 is 1.23 bits per heavy atom. The first-order valence-corrected chi connectivity index (χ1v) is 11.0. The molecule has 206 valence electrons. The van der Waals surface area contributed by atoms with Crippen LogP contribution in [0, 0.1) is 0 Å². The summed E-state index contributed by atoms with van der Waals surface area (Å²) in [6.45, 7) is -1.72. The van der Waals surface area contributed by atoms with Gasteiger partial charge in [-0.2, -0.15) is 0 Å². The molecule has 3 aliphatic rings. The monoisotopic (exact) mass is 518 g/mol. The van der Waals surface area contributed by atoms with E-state index < -0.39 is 112 Å². The van der Waals surface area contributed by atoms with E-state index in [4.69, 9.17) is 28.4 Å². The van der Waals surface area contributed by atoms with Crippen molar-refractivity contribution in [1.82, 2.24) is 0 Å². The Hall–Kier alpha value is -0.640. The summed E-state index contributed by atoms with van der Waals surface area (Å²) in [5, 5.41) is 99.5. The van der Waals surface area contributed by atoms with Gasteiger partial charge in [0.05, 0.1) is 19.8 Å². The Labute approximate surface area is 199 Å². The zero-order valence-electron chi connectivity index (χ0n) is 18.7. The first-order valence-electron chi connectivity index (χ1n) is 11.0. The van der Waals surface area contributed by atoms with Crippen LogP contribution < -0.4 is 0 Å². The van der Waals surface area contributed by atoms with Crippen LogP contribution in [0.25, 0.3) is 0 Å². The minimum atomic E-state index is -1.77. The third-order valence-electron chi connectivity index (χ3n) is 6.27. The van der Waals surface area contributed by atoms with E-state index in [0.717, 1.165) is 0 Å². The number of methoxy groups -OCH3 is 1. The highest BCUT2D eigenvalue weighted by Gasteiger charge is 2.49. The molecular weight excluding hydrogens is 484 g/mol. The lowest BCUT2D eigenvalue weighted by molar-refractivity contribution is -0.341. The van der Waals surface area contributed by atoms with Crippen LogP contribution in [0.15, 0.2) is 0 Å². The summed E-state index contributed by atoms with van der Waals surface area (Å²) in [6.07, 6.45) is -23.1. The third-order valence-corrected chi connectivity index (χ3v) is 6.27. The van der Waals surface area contributed by atoms with Crippen LogP contribution in [-0.4, -0.2) is 170 Å². The maximum Gasteiger partial charge on any atom is 0.186 e. The predicted molar refractivity (Wildman–Crippen MR) is 106 cm³/mol. The Morgan fingerprint density at radius 2 is 0.829 bits per heavy atom. The van der Waals surface area contributed by atoms with Crippen molar-refractivity contribution in [3.05, 3.63) is 0 Å². The minimum absolute atomic E-state index is 0.490. The summed E-state index contributed by atoms with van der Waals surface area (Å²) in [6, 6.07) is 0. The number of aliphatic hydroxyl groups excluding tert-OH is 10. The molecule has 3 saturated heterocycles. The van der Waals surface area contributed by atoms with Gasteiger partial charge in [0.15, 0.2) is 18.9 Å². The first-order chi connectivity index (χ1) is 16.5. The summed E-state index contributed by atoms with van der Waals surface area (Å²) >= 11 is 0. The standard InChI is InChI=1S/C19H34O16/c1-30-17-14(27)12(25)9(22)6(34-17)3-32-19-16(29)13(26)10(23)7(35-19)4-31-18-15(28)11(24)8(21)5(2-20)33-18/h5-29H,2-4H2,1H3/t5-,6-,7-,8-,9-,10-,11+,12+,13+,14+,15-,16-,17+,18+,19+/m1/s1. The first kappa shape index (κ1) is 28.9. The van der Waals surface area contributed by atoms with Crippen molar-refractivity contribution >= 4 is 0 Å². The molecule has 3 heterocycles. The van der Waals surface area contributed by atoms with Crippen LogP contribution in [0.4, 0.5) is 0 Å². The van der Waals surface area contributed by atoms with E-state index in [-0.39, 0.29) is 0 Å². The van der Waals surface area contributed by atoms with Gasteiger partial charge in [-0.05, 0) is 0 Å². The van der Waals surface area contributed by atoms with Crippen molar-refractivity contribution in [3.8, 4) is 0 Å². The van der Waals surface area contributed by atoms with Crippen molar-refractivity contribution in [2.45, 2.75) is 92.1 Å². The van der Waals surface area contributed by atoms with Gasteiger partial charge in [-0.15, -0.1) is 0 Å². The lowest BCUT2D eigenvalue weighted by Crippen LogP contribution is -2.62. The molecule has 0 aliphatic carbocycles. The molecule has 0 aromatic heterocycles. The molecule has 16 nitrogen and oxygen atoms in total. The van der Waals surface area contributed by atoms with E-state index >= 15 is 0 Å². The quantitative estimate of drug-likeness (QED) is 0.143. The van der Waals surface area contributed by atoms with Crippen LogP contribution in [0.3, 0.4) is 0 Å². The van der Waals surface area contributed by atoms with Crippen LogP contribution >= 0.6 is 0 Å². The lowest BCUT2D eigenvalue weighted by atomic mass is 9.98. The Balaban J connectivity index is 1.59. The number of aliphatic hydroxyl groups is 10. The average molecular weight is 518 g/mol. The fourth-order valence-electron chi connectivity index (χ4n) is 4.03. The second-order valence-electron chi connectivity index (χ2n) is 8.63. The van der Waals surface area contributed by atoms with Gasteiger partial charge in [0, 0.05) is 7.11 Å². The van der Waals surface area contributed by atoms with Crippen molar-refractivity contribution in [1.29, 1.82) is 0 Å². The van der Waals surface area contributed by atoms with Gasteiger partial charge in [0.2, 0.25) is 0 Å². The SMILES string of the molecule is CO[C@H]1O[C@H](CO[C@H]2O[C@H](CO[C@H]3O[C@H](CO)[C@@H](O)[C@H](O)[C@H]3O)[C@@H](O)[C@H](O)[C@H]2O)[C@@H](O)[C@H](O)[C@@H]1O. The smallest absolute Gasteiger partial charge is 0.186 e. The van der Waals surface area contributed by atoms with E-state index in [1.807, 2.05) is 0 Å². The molecule has 0 bridgehead atoms. The molecule has 3 fully saturated rings. The average Bonchev–Trinajstić information content (AvgIpc) is 2.85. The third kappa shape index (κ3) is 6.10. The molecular formula is C19H34O16. The fourth-order valence-corrected chi connectivity index (χ4v) is 4.03. The topological polar surface area (TPSA) is 258 Å². The molecule has 10 N–H and O–H groups in total. The van der Waals surface area contributed by atoms with Crippen molar-refractivity contribution in [2.24, 2.45) is 0 Å². The maximum atomic E-state index is 10.3. The highest BCUT2D eigenvalue weighted by molar-refractivity contribution is 4.93. The van der Waals surface area contributed by atoms with Crippen molar-refractivity contribution in [3.63, 3.8) is 0 Å². The van der Waals surface area contributed by atoms with Gasteiger partial charge in [-0.3, -0.25) is 0 Å². The second-order valence-corrected chi connectivity index (χ2v) is 8.63. The van der Waals surface area contributed by atoms with E-state index in [1.165, 1.54) is 7.11 Å². The highest BCUT2D eigenvalue weighted by Crippen LogP contribution is 2.27. The summed E-state index contributed by atoms with van der Waals surface area (Å²) in [4.78, 5) is 0. The zero-order chi connectivity index (χ0) is 26.0. The molecule has 3 aliphatic heterocycles. The van der Waals surface area contributed by atoms with Crippen LogP contribution in [0.5, 0.6) is 0 Å². The molecule has 0 unspecified atom stereocenters. The van der Waals surface area contributed by atoms with Crippen LogP contribution in [0.1, 0.15) is 0 Å². The van der Waals surface area contributed by atoms with Gasteiger partial charge < -0.3 is 79.5 Å². The molecule has 35 heavy (non-hydrogen) atoms. The zero-order valence-corrected chi connectivity index (χ0v) is 18.7. The Bertz CT molecular complexity index is 600. The largest absolute Gasteiger partial charge is 0.394 e. The maximum absolute atomic E-state index is 10.3. The van der Waals surface area contributed by atoms with Crippen molar-refractivity contribution < 1.29 is 79.5 Å². The number of ether oxygens (including phenoxy) is 6.